The van der Waals surface area contributed by atoms with Crippen LogP contribution >= 0.6 is 11.3 Å². The number of aromatic nitrogens is 2. The fourth-order valence-electron chi connectivity index (χ4n) is 3.86. The monoisotopic (exact) mass is 477 g/mol. The third kappa shape index (κ3) is 5.26. The number of methoxy groups -OCH3 is 1. The van der Waals surface area contributed by atoms with Crippen LogP contribution in [0.25, 0.3) is 0 Å². The molecule has 0 spiro atoms. The summed E-state index contributed by atoms with van der Waals surface area (Å²) in [6.07, 6.45) is 5.53. The van der Waals surface area contributed by atoms with Crippen molar-refractivity contribution in [3.8, 4) is 5.75 Å². The fourth-order valence-corrected chi connectivity index (χ4v) is 4.71. The van der Waals surface area contributed by atoms with E-state index in [1.807, 2.05) is 43.5 Å². The van der Waals surface area contributed by atoms with Crippen molar-refractivity contribution in [1.29, 1.82) is 0 Å². The van der Waals surface area contributed by atoms with E-state index in [1.165, 1.54) is 6.08 Å². The second-order valence-electron chi connectivity index (χ2n) is 7.95. The number of ether oxygens (including phenoxy) is 1. The molecule has 3 aromatic rings. The Labute approximate surface area is 202 Å². The topological polar surface area (TPSA) is 87.7 Å². The Bertz CT molecular complexity index is 1190. The number of thiazole rings is 1. The number of aryl methyl sites for hydroxylation is 1. The molecule has 3 heterocycles. The Morgan fingerprint density at radius 1 is 1.18 bits per heavy atom. The average Bonchev–Trinajstić information content (AvgIpc) is 3.31. The second kappa shape index (κ2) is 10.5. The van der Waals surface area contributed by atoms with E-state index in [-0.39, 0.29) is 11.8 Å². The van der Waals surface area contributed by atoms with Crippen molar-refractivity contribution in [1.82, 2.24) is 19.8 Å². The molecule has 1 aromatic carbocycles. The van der Waals surface area contributed by atoms with Crippen LogP contribution in [-0.2, 0) is 11.2 Å². The van der Waals surface area contributed by atoms with Gasteiger partial charge in [0.1, 0.15) is 11.6 Å². The Morgan fingerprint density at radius 3 is 2.62 bits per heavy atom. The third-order valence-electron chi connectivity index (χ3n) is 5.76. The number of pyridine rings is 1. The van der Waals surface area contributed by atoms with E-state index in [2.05, 4.69) is 21.9 Å². The van der Waals surface area contributed by atoms with Crippen molar-refractivity contribution in [2.75, 3.05) is 38.6 Å². The molecular weight excluding hydrogens is 450 g/mol. The highest BCUT2D eigenvalue weighted by molar-refractivity contribution is 7.15. The minimum Gasteiger partial charge on any atom is -0.496 e. The normalized spacial score (nSPS) is 13.5. The molecule has 0 unspecified atom stereocenters. The lowest BCUT2D eigenvalue weighted by Gasteiger charge is -2.34. The van der Waals surface area contributed by atoms with E-state index in [4.69, 9.17) is 4.74 Å². The van der Waals surface area contributed by atoms with Gasteiger partial charge in [-0.05, 0) is 48.4 Å². The van der Waals surface area contributed by atoms with Crippen molar-refractivity contribution in [3.63, 3.8) is 0 Å². The number of carbonyl (C=O) groups is 2. The van der Waals surface area contributed by atoms with Gasteiger partial charge in [0.05, 0.1) is 12.7 Å². The summed E-state index contributed by atoms with van der Waals surface area (Å²) in [7, 11) is 1.57. The summed E-state index contributed by atoms with van der Waals surface area (Å²) in [5, 5.41) is 3.98. The first kappa shape index (κ1) is 23.4. The maximum absolute atomic E-state index is 13.3. The van der Waals surface area contributed by atoms with Crippen LogP contribution in [0.15, 0.2) is 55.4 Å². The molecule has 2 amide bonds. The zero-order chi connectivity index (χ0) is 24.1. The fraction of sp³-hybridized carbons (Fsp3) is 0.280. The second-order valence-corrected chi connectivity index (χ2v) is 9.06. The van der Waals surface area contributed by atoms with Crippen LogP contribution in [0, 0.1) is 6.92 Å². The number of nitrogens with zero attached hydrogens (tertiary/aromatic N) is 4. The van der Waals surface area contributed by atoms with Crippen LogP contribution in [0.4, 0.5) is 10.9 Å². The largest absolute Gasteiger partial charge is 0.496 e. The number of nitrogens with one attached hydrogen (secondary N) is 1. The molecule has 0 saturated carbocycles. The lowest BCUT2D eigenvalue weighted by atomic mass is 9.99. The van der Waals surface area contributed by atoms with Crippen molar-refractivity contribution in [2.24, 2.45) is 0 Å². The predicted octanol–water partition coefficient (Wildman–Crippen LogP) is 3.66. The number of amides is 2. The van der Waals surface area contributed by atoms with Gasteiger partial charge in [-0.2, -0.15) is 0 Å². The van der Waals surface area contributed by atoms with Crippen LogP contribution in [0.5, 0.6) is 5.75 Å². The number of hydrogen-bond donors (Lipinski definition) is 1. The van der Waals surface area contributed by atoms with Crippen molar-refractivity contribution in [3.05, 3.63) is 76.9 Å². The molecule has 1 aliphatic rings. The third-order valence-corrected chi connectivity index (χ3v) is 6.67. The van der Waals surface area contributed by atoms with Crippen LogP contribution in [-0.4, -0.2) is 64.9 Å². The summed E-state index contributed by atoms with van der Waals surface area (Å²) in [4.78, 5) is 38.5. The van der Waals surface area contributed by atoms with Crippen molar-refractivity contribution >= 4 is 34.1 Å². The molecule has 1 fully saturated rings. The van der Waals surface area contributed by atoms with E-state index in [1.54, 1.807) is 34.4 Å². The van der Waals surface area contributed by atoms with Crippen LogP contribution in [0.2, 0.25) is 0 Å². The molecule has 1 saturated heterocycles. The molecule has 176 valence electrons. The van der Waals surface area contributed by atoms with Gasteiger partial charge in [-0.3, -0.25) is 9.59 Å². The van der Waals surface area contributed by atoms with E-state index in [0.717, 1.165) is 27.0 Å². The molecule has 1 N–H and O–H groups in total. The van der Waals surface area contributed by atoms with Crippen LogP contribution < -0.4 is 10.1 Å². The molecule has 0 radical (unpaired) electrons. The number of anilines is 2. The Kier molecular flexibility index (Phi) is 7.22. The van der Waals surface area contributed by atoms with Gasteiger partial charge in [-0.25, -0.2) is 9.97 Å². The van der Waals surface area contributed by atoms with Gasteiger partial charge in [-0.1, -0.05) is 12.6 Å². The van der Waals surface area contributed by atoms with Gasteiger partial charge in [-0.15, -0.1) is 11.3 Å². The SMILES string of the molecule is C=CC(=O)N1CCN(C(=O)c2cc(Cc3cnc(Nc4ccccn4)s3)c(C)cc2OC)CC1. The molecule has 8 nitrogen and oxygen atoms in total. The zero-order valence-electron chi connectivity index (χ0n) is 19.3. The van der Waals surface area contributed by atoms with Crippen molar-refractivity contribution in [2.45, 2.75) is 13.3 Å². The molecule has 1 aliphatic heterocycles. The standard InChI is InChI=1S/C25H27N5O3S/c1-4-23(31)29-9-11-30(12-10-29)24(32)20-15-18(17(2)13-21(20)33-3)14-19-16-27-25(34-19)28-22-7-5-6-8-26-22/h4-8,13,15-16H,1,9-12,14H2,2-3H3,(H,26,27,28). The molecule has 4 rings (SSSR count). The van der Waals surface area contributed by atoms with Gasteiger partial charge in [0.15, 0.2) is 5.13 Å². The van der Waals surface area contributed by atoms with Gasteiger partial charge < -0.3 is 19.9 Å². The number of rotatable bonds is 7. The van der Waals surface area contributed by atoms with Crippen LogP contribution in [0.3, 0.4) is 0 Å². The molecular formula is C25H27N5O3S. The van der Waals surface area contributed by atoms with E-state index in [0.29, 0.717) is 43.9 Å². The van der Waals surface area contributed by atoms with Gasteiger partial charge in [0.2, 0.25) is 5.91 Å². The number of carbonyl (C=O) groups excluding carboxylic acids is 2. The summed E-state index contributed by atoms with van der Waals surface area (Å²) in [5.41, 5.74) is 2.61. The quantitative estimate of drug-likeness (QED) is 0.523. The molecule has 2 aromatic heterocycles. The number of hydrogen-bond acceptors (Lipinski definition) is 7. The van der Waals surface area contributed by atoms with E-state index in [9.17, 15) is 9.59 Å². The Hall–Kier alpha value is -3.72. The number of benzene rings is 1. The van der Waals surface area contributed by atoms with Gasteiger partial charge >= 0.3 is 0 Å². The summed E-state index contributed by atoms with van der Waals surface area (Å²) < 4.78 is 5.54. The lowest BCUT2D eigenvalue weighted by molar-refractivity contribution is -0.127. The highest BCUT2D eigenvalue weighted by atomic mass is 32.1. The Balaban J connectivity index is 1.50. The smallest absolute Gasteiger partial charge is 0.257 e. The minimum absolute atomic E-state index is 0.0920. The first-order valence-corrected chi connectivity index (χ1v) is 11.8. The summed E-state index contributed by atoms with van der Waals surface area (Å²) in [5.74, 6) is 1.10. The molecule has 0 bridgehead atoms. The van der Waals surface area contributed by atoms with Gasteiger partial charge in [0.25, 0.3) is 5.91 Å². The predicted molar refractivity (Wildman–Crippen MR) is 133 cm³/mol. The maximum atomic E-state index is 13.3. The van der Waals surface area contributed by atoms with Gasteiger partial charge in [0, 0.05) is 49.9 Å². The lowest BCUT2D eigenvalue weighted by Crippen LogP contribution is -2.50. The molecule has 0 atom stereocenters. The molecule has 9 heteroatoms. The molecule has 0 aliphatic carbocycles. The maximum Gasteiger partial charge on any atom is 0.257 e. The summed E-state index contributed by atoms with van der Waals surface area (Å²) in [6, 6.07) is 9.50. The summed E-state index contributed by atoms with van der Waals surface area (Å²) in [6.45, 7) is 7.48. The van der Waals surface area contributed by atoms with E-state index >= 15 is 0 Å². The highest BCUT2D eigenvalue weighted by Crippen LogP contribution is 2.29. The first-order valence-electron chi connectivity index (χ1n) is 11.0. The zero-order valence-corrected chi connectivity index (χ0v) is 20.1. The van der Waals surface area contributed by atoms with Crippen LogP contribution in [0.1, 0.15) is 26.4 Å². The average molecular weight is 478 g/mol. The minimum atomic E-state index is -0.108. The van der Waals surface area contributed by atoms with Crippen molar-refractivity contribution < 1.29 is 14.3 Å². The van der Waals surface area contributed by atoms with E-state index < -0.39 is 0 Å². The Morgan fingerprint density at radius 2 is 1.94 bits per heavy atom. The first-order chi connectivity index (χ1) is 16.5. The summed E-state index contributed by atoms with van der Waals surface area (Å²) >= 11 is 1.55. The highest BCUT2D eigenvalue weighted by Gasteiger charge is 2.26. The molecule has 34 heavy (non-hydrogen) atoms. The number of piperazine rings is 1.